The standard InChI is InChI=1S/C54H35N3/c1-3-18-36(19-4-1)55-49-31-15-16-32-50(49)56(37-20-5-2-6-21-37)53-35-46-40-24-9-10-27-43(40)54-44(38-22-7-8-23-39(38)45(46)34-52(53)55)28-17-33-51(54)57-47-29-13-11-25-41(47)42-26-12-14-30-48(42)57/h1-35H. The summed E-state index contributed by atoms with van der Waals surface area (Å²) in [7, 11) is 0. The second-order valence-electron chi connectivity index (χ2n) is 14.9. The van der Waals surface area contributed by atoms with E-state index in [4.69, 9.17) is 0 Å². The molecule has 57 heavy (non-hydrogen) atoms. The molecule has 0 saturated carbocycles. The Balaban J connectivity index is 1.35. The summed E-state index contributed by atoms with van der Waals surface area (Å²) in [5.41, 5.74) is 10.4. The van der Waals surface area contributed by atoms with E-state index in [9.17, 15) is 0 Å². The monoisotopic (exact) mass is 725 g/mol. The average molecular weight is 726 g/mol. The molecule has 0 radical (unpaired) electrons. The molecule has 0 amide bonds. The Morgan fingerprint density at radius 2 is 0.561 bits per heavy atom. The summed E-state index contributed by atoms with van der Waals surface area (Å²) in [6.07, 6.45) is 0. The van der Waals surface area contributed by atoms with Gasteiger partial charge < -0.3 is 13.7 Å². The Labute approximate surface area is 328 Å². The third-order valence-electron chi connectivity index (χ3n) is 11.8. The third-order valence-corrected chi connectivity index (χ3v) is 11.8. The molecule has 3 heteroatoms. The van der Waals surface area contributed by atoms with Crippen LogP contribution in [0.15, 0.2) is 212 Å². The van der Waals surface area contributed by atoms with E-state index in [1.807, 2.05) is 0 Å². The molecule has 2 aromatic heterocycles. The highest BCUT2D eigenvalue weighted by Gasteiger charge is 2.19. The number of para-hydroxylation sites is 6. The summed E-state index contributed by atoms with van der Waals surface area (Å²) < 4.78 is 7.35. The third kappa shape index (κ3) is 4.66. The maximum atomic E-state index is 2.48. The van der Waals surface area contributed by atoms with E-state index in [-0.39, 0.29) is 0 Å². The topological polar surface area (TPSA) is 14.8 Å². The van der Waals surface area contributed by atoms with Crippen molar-refractivity contribution < 1.29 is 0 Å². The van der Waals surface area contributed by atoms with Crippen molar-refractivity contribution in [2.45, 2.75) is 0 Å². The molecular formula is C54H35N3. The summed E-state index contributed by atoms with van der Waals surface area (Å²) in [6, 6.07) is 77.7. The number of aromatic nitrogens is 3. The molecule has 0 N–H and O–H groups in total. The number of rotatable bonds is 3. The van der Waals surface area contributed by atoms with Crippen molar-refractivity contribution in [1.29, 1.82) is 0 Å². The molecule has 10 aromatic carbocycles. The number of hydrogen-bond donors (Lipinski definition) is 0. The second-order valence-corrected chi connectivity index (χ2v) is 14.9. The second kappa shape index (κ2) is 12.5. The van der Waals surface area contributed by atoms with E-state index in [0.29, 0.717) is 0 Å². The fourth-order valence-corrected chi connectivity index (χ4v) is 9.50. The van der Waals surface area contributed by atoms with Gasteiger partial charge in [0.15, 0.2) is 0 Å². The predicted octanol–water partition coefficient (Wildman–Crippen LogP) is 14.4. The number of hydrogen-bond acceptors (Lipinski definition) is 0. The number of fused-ring (bicyclic) bond motifs is 13. The summed E-state index contributed by atoms with van der Waals surface area (Å²) in [5, 5.41) is 12.2. The molecule has 0 aliphatic heterocycles. The lowest BCUT2D eigenvalue weighted by molar-refractivity contribution is 1.09. The Kier molecular flexibility index (Phi) is 6.93. The van der Waals surface area contributed by atoms with Crippen LogP contribution in [0.2, 0.25) is 0 Å². The van der Waals surface area contributed by atoms with E-state index in [0.717, 1.165) is 33.4 Å². The fourth-order valence-electron chi connectivity index (χ4n) is 9.50. The van der Waals surface area contributed by atoms with Crippen LogP contribution < -0.4 is 0 Å². The fraction of sp³-hybridized carbons (Fsp3) is 0. The van der Waals surface area contributed by atoms with Gasteiger partial charge in [0, 0.05) is 27.5 Å². The minimum atomic E-state index is 1.12. The van der Waals surface area contributed by atoms with Gasteiger partial charge in [0.2, 0.25) is 0 Å². The molecule has 0 aliphatic carbocycles. The van der Waals surface area contributed by atoms with Crippen LogP contribution >= 0.6 is 0 Å². The first-order chi connectivity index (χ1) is 28.3. The van der Waals surface area contributed by atoms with Crippen LogP contribution in [0.4, 0.5) is 0 Å². The van der Waals surface area contributed by atoms with Crippen molar-refractivity contribution in [1.82, 2.24) is 13.7 Å². The first-order valence-corrected chi connectivity index (χ1v) is 19.6. The zero-order valence-electron chi connectivity index (χ0n) is 31.0. The zero-order chi connectivity index (χ0) is 37.5. The molecule has 12 aromatic rings. The Morgan fingerprint density at radius 1 is 0.211 bits per heavy atom. The van der Waals surface area contributed by atoms with Gasteiger partial charge in [0.25, 0.3) is 0 Å². The van der Waals surface area contributed by atoms with Crippen LogP contribution in [0.5, 0.6) is 0 Å². The lowest BCUT2D eigenvalue weighted by atomic mass is 9.93. The molecule has 0 atom stereocenters. The summed E-state index contributed by atoms with van der Waals surface area (Å²) in [4.78, 5) is 0. The van der Waals surface area contributed by atoms with Gasteiger partial charge in [-0.2, -0.15) is 0 Å². The van der Waals surface area contributed by atoms with E-state index in [1.54, 1.807) is 0 Å². The van der Waals surface area contributed by atoms with Crippen LogP contribution in [-0.4, -0.2) is 13.7 Å². The van der Waals surface area contributed by atoms with Crippen molar-refractivity contribution in [2.75, 3.05) is 0 Å². The molecule has 12 rings (SSSR count). The van der Waals surface area contributed by atoms with Gasteiger partial charge in [0.05, 0.1) is 38.8 Å². The van der Waals surface area contributed by atoms with E-state index in [2.05, 4.69) is 226 Å². The molecule has 3 nitrogen and oxygen atoms in total. The normalized spacial score (nSPS) is 11.9. The quantitative estimate of drug-likeness (QED) is 0.161. The SMILES string of the molecule is c1ccc(-n2c3ccccc3n(-c3ccccc3)c3cc4c(cc32)c2ccccc2c2cccc(-n3c5ccccc5c5ccccc53)c2c2ccccc42)cc1. The summed E-state index contributed by atoms with van der Waals surface area (Å²) in [5.74, 6) is 0. The van der Waals surface area contributed by atoms with Gasteiger partial charge in [-0.25, -0.2) is 0 Å². The molecular weight excluding hydrogens is 691 g/mol. The lowest BCUT2D eigenvalue weighted by Gasteiger charge is -2.23. The van der Waals surface area contributed by atoms with E-state index in [1.165, 1.54) is 70.6 Å². The Morgan fingerprint density at radius 3 is 1.05 bits per heavy atom. The first kappa shape index (κ1) is 31.7. The first-order valence-electron chi connectivity index (χ1n) is 19.6. The van der Waals surface area contributed by atoms with Crippen molar-refractivity contribution >= 4 is 87.0 Å². The highest BCUT2D eigenvalue weighted by molar-refractivity contribution is 6.29. The smallest absolute Gasteiger partial charge is 0.0709 e. The Bertz CT molecular complexity index is 3570. The zero-order valence-corrected chi connectivity index (χ0v) is 31.0. The van der Waals surface area contributed by atoms with Gasteiger partial charge in [-0.3, -0.25) is 0 Å². The lowest BCUT2D eigenvalue weighted by Crippen LogP contribution is -2.08. The van der Waals surface area contributed by atoms with Gasteiger partial charge in [-0.1, -0.05) is 146 Å². The van der Waals surface area contributed by atoms with Crippen LogP contribution in [0.3, 0.4) is 0 Å². The molecule has 0 bridgehead atoms. The van der Waals surface area contributed by atoms with Crippen LogP contribution in [0, 0.1) is 0 Å². The van der Waals surface area contributed by atoms with Crippen LogP contribution in [-0.2, 0) is 0 Å². The predicted molar refractivity (Wildman–Crippen MR) is 242 cm³/mol. The Hall–Kier alpha value is -7.62. The maximum absolute atomic E-state index is 2.48. The number of benzene rings is 9. The van der Waals surface area contributed by atoms with Crippen molar-refractivity contribution in [3.63, 3.8) is 0 Å². The number of nitrogens with zero attached hydrogens (tertiary/aromatic N) is 3. The summed E-state index contributed by atoms with van der Waals surface area (Å²) >= 11 is 0. The molecule has 266 valence electrons. The molecule has 0 unspecified atom stereocenters. The van der Waals surface area contributed by atoms with E-state index >= 15 is 0 Å². The molecule has 0 saturated heterocycles. The van der Waals surface area contributed by atoms with Crippen LogP contribution in [0.25, 0.3) is 104 Å². The highest BCUT2D eigenvalue weighted by atomic mass is 15.1. The minimum absolute atomic E-state index is 1.12. The maximum Gasteiger partial charge on any atom is 0.0709 e. The highest BCUT2D eigenvalue weighted by Crippen LogP contribution is 2.42. The van der Waals surface area contributed by atoms with Crippen molar-refractivity contribution in [3.05, 3.63) is 212 Å². The van der Waals surface area contributed by atoms with E-state index < -0.39 is 0 Å². The van der Waals surface area contributed by atoms with Crippen LogP contribution in [0.1, 0.15) is 0 Å². The molecule has 0 fully saturated rings. The van der Waals surface area contributed by atoms with Gasteiger partial charge >= 0.3 is 0 Å². The largest absolute Gasteiger partial charge is 0.309 e. The molecule has 0 spiro atoms. The van der Waals surface area contributed by atoms with Crippen molar-refractivity contribution in [2.24, 2.45) is 0 Å². The van der Waals surface area contributed by atoms with Crippen molar-refractivity contribution in [3.8, 4) is 17.1 Å². The molecule has 2 heterocycles. The van der Waals surface area contributed by atoms with Gasteiger partial charge in [-0.15, -0.1) is 0 Å². The summed E-state index contributed by atoms with van der Waals surface area (Å²) in [6.45, 7) is 0. The van der Waals surface area contributed by atoms with Gasteiger partial charge in [0.1, 0.15) is 0 Å². The minimum Gasteiger partial charge on any atom is -0.309 e. The molecule has 0 aliphatic rings. The van der Waals surface area contributed by atoms with Gasteiger partial charge in [-0.05, 0) is 104 Å². The average Bonchev–Trinajstić information content (AvgIpc) is 3.62.